The number of hydrogen-bond donors (Lipinski definition) is 3. The molecular weight excluding hydrogens is 392 g/mol. The normalized spacial score (nSPS) is 10.5. The molecule has 0 bridgehead atoms. The van der Waals surface area contributed by atoms with Crippen LogP contribution in [0.1, 0.15) is 46.7 Å². The number of imidazole rings is 1. The molecule has 168 valence electrons. The predicted octanol–water partition coefficient (Wildman–Crippen LogP) is 3.32. The van der Waals surface area contributed by atoms with Crippen molar-refractivity contribution >= 4 is 17.2 Å². The Balaban J connectivity index is 0.00000166. The van der Waals surface area contributed by atoms with Gasteiger partial charge in [-0.05, 0) is 38.0 Å². The topological polar surface area (TPSA) is 90.1 Å². The molecule has 0 saturated carbocycles. The smallest absolute Gasteiger partial charge is 0.255 e. The van der Waals surface area contributed by atoms with Gasteiger partial charge in [-0.1, -0.05) is 38.1 Å². The molecule has 7 nitrogen and oxygen atoms in total. The monoisotopic (exact) mass is 426 g/mol. The van der Waals surface area contributed by atoms with Crippen LogP contribution >= 0.6 is 0 Å². The Morgan fingerprint density at radius 3 is 2.35 bits per heavy atom. The zero-order valence-corrected chi connectivity index (χ0v) is 19.1. The van der Waals surface area contributed by atoms with E-state index in [0.717, 1.165) is 22.7 Å². The van der Waals surface area contributed by atoms with Crippen molar-refractivity contribution in [2.75, 3.05) is 31.6 Å². The van der Waals surface area contributed by atoms with Crippen LogP contribution in [0.3, 0.4) is 0 Å². The molecule has 1 amide bonds. The van der Waals surface area contributed by atoms with Crippen LogP contribution < -0.4 is 5.32 Å². The highest BCUT2D eigenvalue weighted by Crippen LogP contribution is 2.24. The van der Waals surface area contributed by atoms with Crippen LogP contribution in [0.25, 0.3) is 5.65 Å². The van der Waals surface area contributed by atoms with Crippen molar-refractivity contribution in [2.45, 2.75) is 41.2 Å². The fourth-order valence-corrected chi connectivity index (χ4v) is 3.36. The number of nitrogens with one attached hydrogen (secondary N) is 1. The number of aliphatic hydroxyl groups is 2. The van der Waals surface area contributed by atoms with Crippen LogP contribution in [0.5, 0.6) is 0 Å². The number of aliphatic hydroxyl groups excluding tert-OH is 2. The molecule has 3 aromatic rings. The molecule has 0 aliphatic rings. The number of nitrogens with zero attached hydrogens (tertiary/aromatic N) is 3. The molecule has 1 aromatic carbocycles. The first-order valence-electron chi connectivity index (χ1n) is 10.7. The fourth-order valence-electron chi connectivity index (χ4n) is 3.36. The molecule has 0 aliphatic heterocycles. The first kappa shape index (κ1) is 24.4. The van der Waals surface area contributed by atoms with Crippen LogP contribution in [0, 0.1) is 20.8 Å². The van der Waals surface area contributed by atoms with Crippen LogP contribution in [0.2, 0.25) is 0 Å². The van der Waals surface area contributed by atoms with Crippen LogP contribution in [-0.4, -0.2) is 56.7 Å². The number of amides is 1. The van der Waals surface area contributed by atoms with Gasteiger partial charge < -0.3 is 24.8 Å². The molecule has 0 atom stereocenters. The third-order valence-electron chi connectivity index (χ3n) is 5.20. The van der Waals surface area contributed by atoms with Crippen molar-refractivity contribution in [3.63, 3.8) is 0 Å². The molecular formula is C24H34N4O3. The number of aryl methyl sites for hydroxylation is 3. The molecule has 3 rings (SSSR count). The standard InChI is InChI=1S/C22H28N4O3.C2H6/c1-15-6-4-5-7-18(15)13-23-20-12-19(22(29)25(8-10-27)9-11-28)14-26-17(3)16(2)24-21(20)26;1-2/h4-7,12,14,23,27-28H,8-11,13H2,1-3H3;1-2H3. The minimum absolute atomic E-state index is 0.157. The Labute approximate surface area is 184 Å². The molecule has 0 unspecified atom stereocenters. The van der Waals surface area contributed by atoms with E-state index in [1.807, 2.05) is 44.2 Å². The quantitative estimate of drug-likeness (QED) is 0.514. The number of rotatable bonds is 8. The SMILES string of the molecule is CC.Cc1ccccc1CNc1cc(C(=O)N(CCO)CCO)cn2c(C)c(C)nc12. The highest BCUT2D eigenvalue weighted by atomic mass is 16.3. The molecule has 0 spiro atoms. The maximum Gasteiger partial charge on any atom is 0.255 e. The van der Waals surface area contributed by atoms with Gasteiger partial charge in [0.15, 0.2) is 5.65 Å². The van der Waals surface area contributed by atoms with Crippen molar-refractivity contribution in [1.82, 2.24) is 14.3 Å². The molecule has 2 aromatic heterocycles. The van der Waals surface area contributed by atoms with Gasteiger partial charge in [0.05, 0.1) is 30.2 Å². The van der Waals surface area contributed by atoms with E-state index in [1.54, 1.807) is 12.3 Å². The van der Waals surface area contributed by atoms with E-state index in [1.165, 1.54) is 16.0 Å². The number of aromatic nitrogens is 2. The Morgan fingerprint density at radius 1 is 1.10 bits per heavy atom. The molecule has 7 heteroatoms. The lowest BCUT2D eigenvalue weighted by Crippen LogP contribution is -2.36. The summed E-state index contributed by atoms with van der Waals surface area (Å²) in [5.41, 5.74) is 6.23. The van der Waals surface area contributed by atoms with Crippen molar-refractivity contribution < 1.29 is 15.0 Å². The summed E-state index contributed by atoms with van der Waals surface area (Å²) in [6.07, 6.45) is 1.77. The lowest BCUT2D eigenvalue weighted by Gasteiger charge is -2.21. The van der Waals surface area contributed by atoms with Gasteiger partial charge >= 0.3 is 0 Å². The second-order valence-corrected chi connectivity index (χ2v) is 7.14. The van der Waals surface area contributed by atoms with Gasteiger partial charge in [0.25, 0.3) is 5.91 Å². The van der Waals surface area contributed by atoms with Crippen LogP contribution in [-0.2, 0) is 6.54 Å². The number of fused-ring (bicyclic) bond motifs is 1. The highest BCUT2D eigenvalue weighted by molar-refractivity contribution is 5.96. The Bertz CT molecular complexity index is 1010. The van der Waals surface area contributed by atoms with Crippen molar-refractivity contribution in [2.24, 2.45) is 0 Å². The zero-order valence-electron chi connectivity index (χ0n) is 19.1. The van der Waals surface area contributed by atoms with Crippen molar-refractivity contribution in [1.29, 1.82) is 0 Å². The minimum atomic E-state index is -0.236. The largest absolute Gasteiger partial charge is 0.395 e. The fraction of sp³-hybridized carbons (Fsp3) is 0.417. The molecule has 0 saturated heterocycles. The van der Waals surface area contributed by atoms with Gasteiger partial charge in [-0.3, -0.25) is 4.79 Å². The maximum atomic E-state index is 13.0. The van der Waals surface area contributed by atoms with Crippen LogP contribution in [0.15, 0.2) is 36.5 Å². The van der Waals surface area contributed by atoms with Gasteiger partial charge in [-0.2, -0.15) is 0 Å². The van der Waals surface area contributed by atoms with Crippen molar-refractivity contribution in [3.8, 4) is 0 Å². The summed E-state index contributed by atoms with van der Waals surface area (Å²) in [7, 11) is 0. The molecule has 0 aliphatic carbocycles. The molecule has 31 heavy (non-hydrogen) atoms. The summed E-state index contributed by atoms with van der Waals surface area (Å²) in [6.45, 7) is 10.6. The van der Waals surface area contributed by atoms with E-state index >= 15 is 0 Å². The van der Waals surface area contributed by atoms with E-state index in [4.69, 9.17) is 0 Å². The molecule has 2 heterocycles. The second-order valence-electron chi connectivity index (χ2n) is 7.14. The van der Waals surface area contributed by atoms with Gasteiger partial charge in [0.1, 0.15) is 0 Å². The first-order valence-corrected chi connectivity index (χ1v) is 10.7. The van der Waals surface area contributed by atoms with E-state index in [2.05, 4.69) is 29.4 Å². The summed E-state index contributed by atoms with van der Waals surface area (Å²) in [6, 6.07) is 9.95. The number of hydrogen-bond acceptors (Lipinski definition) is 5. The molecule has 0 fully saturated rings. The minimum Gasteiger partial charge on any atom is -0.395 e. The summed E-state index contributed by atoms with van der Waals surface area (Å²) in [4.78, 5) is 19.1. The number of pyridine rings is 1. The zero-order chi connectivity index (χ0) is 23.0. The molecule has 3 N–H and O–H groups in total. The number of benzene rings is 1. The van der Waals surface area contributed by atoms with Gasteiger partial charge in [0, 0.05) is 31.5 Å². The summed E-state index contributed by atoms with van der Waals surface area (Å²) < 4.78 is 1.92. The summed E-state index contributed by atoms with van der Waals surface area (Å²) in [5.74, 6) is -0.236. The third kappa shape index (κ3) is 5.62. The Morgan fingerprint density at radius 2 is 1.74 bits per heavy atom. The van der Waals surface area contributed by atoms with Gasteiger partial charge in [-0.15, -0.1) is 0 Å². The van der Waals surface area contributed by atoms with Gasteiger partial charge in [-0.25, -0.2) is 4.98 Å². The number of anilines is 1. The number of carbonyl (C=O) groups excluding carboxylic acids is 1. The summed E-state index contributed by atoms with van der Waals surface area (Å²) in [5, 5.41) is 22.0. The average Bonchev–Trinajstić information content (AvgIpc) is 3.07. The highest BCUT2D eigenvalue weighted by Gasteiger charge is 2.19. The predicted molar refractivity (Wildman–Crippen MR) is 125 cm³/mol. The lowest BCUT2D eigenvalue weighted by atomic mass is 10.1. The maximum absolute atomic E-state index is 13.0. The van der Waals surface area contributed by atoms with E-state index in [-0.39, 0.29) is 32.2 Å². The van der Waals surface area contributed by atoms with Crippen molar-refractivity contribution in [3.05, 3.63) is 64.6 Å². The number of carbonyl (C=O) groups is 1. The Kier molecular flexibility index (Phi) is 9.03. The third-order valence-corrected chi connectivity index (χ3v) is 5.20. The van der Waals surface area contributed by atoms with E-state index in [0.29, 0.717) is 12.1 Å². The second kappa shape index (κ2) is 11.5. The lowest BCUT2D eigenvalue weighted by molar-refractivity contribution is 0.0684. The first-order chi connectivity index (χ1) is 15.0. The summed E-state index contributed by atoms with van der Waals surface area (Å²) >= 11 is 0. The van der Waals surface area contributed by atoms with Gasteiger partial charge in [0.2, 0.25) is 0 Å². The van der Waals surface area contributed by atoms with E-state index in [9.17, 15) is 15.0 Å². The van der Waals surface area contributed by atoms with Crippen LogP contribution in [0.4, 0.5) is 5.69 Å². The molecule has 0 radical (unpaired) electrons. The average molecular weight is 427 g/mol. The van der Waals surface area contributed by atoms with E-state index < -0.39 is 0 Å². The Hall–Kier alpha value is -2.90.